The van der Waals surface area contributed by atoms with Crippen LogP contribution in [0.1, 0.15) is 63.6 Å². The number of carbonyl (C=O) groups excluding carboxylic acids is 1. The van der Waals surface area contributed by atoms with Crippen LogP contribution in [-0.2, 0) is 16.8 Å². The zero-order chi connectivity index (χ0) is 25.6. The lowest BCUT2D eigenvalue weighted by Gasteiger charge is -2.24. The lowest BCUT2D eigenvalue weighted by atomic mass is 9.81. The van der Waals surface area contributed by atoms with Crippen LogP contribution in [0.25, 0.3) is 11.1 Å². The Labute approximate surface area is 208 Å². The van der Waals surface area contributed by atoms with Crippen molar-refractivity contribution in [3.8, 4) is 22.6 Å². The molecule has 0 aromatic heterocycles. The van der Waals surface area contributed by atoms with Gasteiger partial charge < -0.3 is 9.47 Å². The number of allylic oxidation sites excluding steroid dienone is 2. The standard InChI is InChI=1S/C31H35FO3/c1-7-8-24(17-21(2)33)23-10-12-25(13-11-23)35-20-22-9-15-29(31(3,4)5)27(18-22)28-19-26(34-6)14-16-30(28)32/h7-16,18-19,24H,17,20H2,1-6H3/b8-7+/t24-/m1/s1. The second-order valence-corrected chi connectivity index (χ2v) is 9.87. The third-order valence-electron chi connectivity index (χ3n) is 6.00. The van der Waals surface area contributed by atoms with E-state index in [9.17, 15) is 9.18 Å². The maximum atomic E-state index is 14.9. The number of hydrogen-bond donors (Lipinski definition) is 0. The highest BCUT2D eigenvalue weighted by molar-refractivity contribution is 5.76. The van der Waals surface area contributed by atoms with E-state index in [0.29, 0.717) is 24.3 Å². The smallest absolute Gasteiger partial charge is 0.131 e. The normalized spacial score (nSPS) is 12.5. The minimum atomic E-state index is -0.286. The third-order valence-corrected chi connectivity index (χ3v) is 6.00. The second-order valence-electron chi connectivity index (χ2n) is 9.87. The molecule has 0 heterocycles. The predicted octanol–water partition coefficient (Wildman–Crippen LogP) is 8.02. The van der Waals surface area contributed by atoms with Gasteiger partial charge in [0, 0.05) is 17.9 Å². The van der Waals surface area contributed by atoms with Gasteiger partial charge in [0.2, 0.25) is 0 Å². The predicted molar refractivity (Wildman–Crippen MR) is 141 cm³/mol. The molecule has 0 amide bonds. The molecule has 0 saturated carbocycles. The van der Waals surface area contributed by atoms with Crippen LogP contribution in [0.2, 0.25) is 0 Å². The molecule has 3 aromatic carbocycles. The molecule has 1 atom stereocenters. The number of hydrogen-bond acceptors (Lipinski definition) is 3. The lowest BCUT2D eigenvalue weighted by molar-refractivity contribution is -0.117. The topological polar surface area (TPSA) is 35.5 Å². The first-order valence-corrected chi connectivity index (χ1v) is 11.9. The highest BCUT2D eigenvalue weighted by Crippen LogP contribution is 2.37. The summed E-state index contributed by atoms with van der Waals surface area (Å²) in [7, 11) is 1.58. The number of carbonyl (C=O) groups is 1. The molecule has 0 unspecified atom stereocenters. The molecular weight excluding hydrogens is 439 g/mol. The van der Waals surface area contributed by atoms with Gasteiger partial charge in [0.25, 0.3) is 0 Å². The lowest BCUT2D eigenvalue weighted by Crippen LogP contribution is -2.13. The van der Waals surface area contributed by atoms with Crippen LogP contribution < -0.4 is 9.47 Å². The molecule has 0 fully saturated rings. The van der Waals surface area contributed by atoms with Crippen molar-refractivity contribution in [3.63, 3.8) is 0 Å². The van der Waals surface area contributed by atoms with Gasteiger partial charge in [-0.25, -0.2) is 4.39 Å². The molecule has 4 heteroatoms. The minimum Gasteiger partial charge on any atom is -0.497 e. The van der Waals surface area contributed by atoms with Crippen molar-refractivity contribution in [2.45, 2.75) is 59.0 Å². The van der Waals surface area contributed by atoms with Crippen molar-refractivity contribution in [2.24, 2.45) is 0 Å². The van der Waals surface area contributed by atoms with E-state index in [1.165, 1.54) is 6.07 Å². The first kappa shape index (κ1) is 26.2. The van der Waals surface area contributed by atoms with Crippen LogP contribution in [-0.4, -0.2) is 12.9 Å². The number of ether oxygens (including phenoxy) is 2. The molecule has 0 aliphatic carbocycles. The molecule has 0 saturated heterocycles. The number of rotatable bonds is 9. The van der Waals surface area contributed by atoms with E-state index in [2.05, 4.69) is 26.8 Å². The summed E-state index contributed by atoms with van der Waals surface area (Å²) in [5, 5.41) is 0. The Balaban J connectivity index is 1.85. The van der Waals surface area contributed by atoms with E-state index in [0.717, 1.165) is 28.0 Å². The quantitative estimate of drug-likeness (QED) is 0.295. The van der Waals surface area contributed by atoms with Gasteiger partial charge >= 0.3 is 0 Å². The summed E-state index contributed by atoms with van der Waals surface area (Å²) in [4.78, 5) is 11.6. The van der Waals surface area contributed by atoms with Crippen molar-refractivity contribution >= 4 is 5.78 Å². The number of Topliss-reactive ketones (excluding diaryl/α,β-unsaturated/α-hetero) is 1. The summed E-state index contributed by atoms with van der Waals surface area (Å²) in [6, 6.07) is 18.8. The van der Waals surface area contributed by atoms with Gasteiger partial charge in [-0.2, -0.15) is 0 Å². The molecule has 0 bridgehead atoms. The zero-order valence-corrected chi connectivity index (χ0v) is 21.5. The largest absolute Gasteiger partial charge is 0.497 e. The monoisotopic (exact) mass is 474 g/mol. The van der Waals surface area contributed by atoms with Crippen LogP contribution in [0.15, 0.2) is 72.8 Å². The average molecular weight is 475 g/mol. The highest BCUT2D eigenvalue weighted by atomic mass is 19.1. The van der Waals surface area contributed by atoms with Crippen molar-refractivity contribution in [1.29, 1.82) is 0 Å². The average Bonchev–Trinajstić information content (AvgIpc) is 2.82. The van der Waals surface area contributed by atoms with Crippen molar-refractivity contribution < 1.29 is 18.7 Å². The van der Waals surface area contributed by atoms with Crippen LogP contribution in [0.3, 0.4) is 0 Å². The van der Waals surface area contributed by atoms with Gasteiger partial charge in [-0.05, 0) is 77.9 Å². The maximum Gasteiger partial charge on any atom is 0.131 e. The summed E-state index contributed by atoms with van der Waals surface area (Å²) in [6.45, 7) is 10.3. The molecule has 3 nitrogen and oxygen atoms in total. The minimum absolute atomic E-state index is 0.0665. The summed E-state index contributed by atoms with van der Waals surface area (Å²) >= 11 is 0. The van der Waals surface area contributed by atoms with Gasteiger partial charge in [0.1, 0.15) is 29.7 Å². The van der Waals surface area contributed by atoms with Gasteiger partial charge in [0.05, 0.1) is 7.11 Å². The molecule has 0 spiro atoms. The zero-order valence-electron chi connectivity index (χ0n) is 21.5. The Morgan fingerprint density at radius 3 is 2.26 bits per heavy atom. The molecule has 35 heavy (non-hydrogen) atoms. The molecule has 0 aliphatic heterocycles. The number of methoxy groups -OCH3 is 1. The van der Waals surface area contributed by atoms with Crippen LogP contribution in [0.5, 0.6) is 11.5 Å². The molecular formula is C31H35FO3. The van der Waals surface area contributed by atoms with E-state index < -0.39 is 0 Å². The van der Waals surface area contributed by atoms with Crippen LogP contribution in [0.4, 0.5) is 4.39 Å². The molecule has 184 valence electrons. The van der Waals surface area contributed by atoms with Crippen molar-refractivity contribution in [1.82, 2.24) is 0 Å². The fourth-order valence-corrected chi connectivity index (χ4v) is 4.21. The summed E-state index contributed by atoms with van der Waals surface area (Å²) < 4.78 is 26.3. The van der Waals surface area contributed by atoms with Crippen LogP contribution in [0, 0.1) is 5.82 Å². The summed E-state index contributed by atoms with van der Waals surface area (Å²) in [5.74, 6) is 1.30. The first-order valence-electron chi connectivity index (χ1n) is 11.9. The van der Waals surface area contributed by atoms with Crippen molar-refractivity contribution in [3.05, 3.63) is 95.3 Å². The third kappa shape index (κ3) is 6.82. The highest BCUT2D eigenvalue weighted by Gasteiger charge is 2.21. The SMILES string of the molecule is C/C=C/[C@H](CC(C)=O)c1ccc(OCc2ccc(C(C)(C)C)c(-c3cc(OC)ccc3F)c2)cc1. The number of halogens is 1. The number of ketones is 1. The maximum absolute atomic E-state index is 14.9. The fourth-order valence-electron chi connectivity index (χ4n) is 4.21. The molecule has 3 aromatic rings. The van der Waals surface area contributed by atoms with Gasteiger partial charge in [-0.1, -0.05) is 57.2 Å². The van der Waals surface area contributed by atoms with E-state index in [-0.39, 0.29) is 22.9 Å². The van der Waals surface area contributed by atoms with Gasteiger partial charge in [0.15, 0.2) is 0 Å². The Bertz CT molecular complexity index is 1190. The summed E-state index contributed by atoms with van der Waals surface area (Å²) in [5.41, 5.74) is 4.27. The molecule has 0 N–H and O–H groups in total. The van der Waals surface area contributed by atoms with E-state index in [4.69, 9.17) is 9.47 Å². The molecule has 3 rings (SSSR count). The first-order chi connectivity index (χ1) is 16.6. The van der Waals surface area contributed by atoms with E-state index >= 15 is 0 Å². The molecule has 0 radical (unpaired) electrons. The van der Waals surface area contributed by atoms with E-state index in [1.807, 2.05) is 55.5 Å². The second kappa shape index (κ2) is 11.4. The van der Waals surface area contributed by atoms with Gasteiger partial charge in [-0.15, -0.1) is 0 Å². The number of benzene rings is 3. The van der Waals surface area contributed by atoms with Crippen molar-refractivity contribution in [2.75, 3.05) is 7.11 Å². The van der Waals surface area contributed by atoms with Gasteiger partial charge in [-0.3, -0.25) is 4.79 Å². The fraction of sp³-hybridized carbons (Fsp3) is 0.323. The Morgan fingerprint density at radius 1 is 0.971 bits per heavy atom. The Hall–Kier alpha value is -3.40. The summed E-state index contributed by atoms with van der Waals surface area (Å²) in [6.07, 6.45) is 4.50. The van der Waals surface area contributed by atoms with E-state index in [1.54, 1.807) is 26.2 Å². The van der Waals surface area contributed by atoms with Crippen LogP contribution >= 0.6 is 0 Å². The Morgan fingerprint density at radius 2 is 1.66 bits per heavy atom. The molecule has 0 aliphatic rings. The Kier molecular flexibility index (Phi) is 8.50.